The van der Waals surface area contributed by atoms with Gasteiger partial charge in [0.1, 0.15) is 0 Å². The molecule has 1 aromatic heterocycles. The largest absolute Gasteiger partial charge is 0.310 e. The van der Waals surface area contributed by atoms with Gasteiger partial charge in [0.25, 0.3) is 0 Å². The summed E-state index contributed by atoms with van der Waals surface area (Å²) in [5.74, 6) is 0.922. The Balaban J connectivity index is 1.60. The first-order chi connectivity index (χ1) is 8.74. The molecule has 1 aromatic rings. The molecule has 3 heteroatoms. The van der Waals surface area contributed by atoms with Crippen LogP contribution in [-0.2, 0) is 6.54 Å². The Kier molecular flexibility index (Phi) is 5.14. The van der Waals surface area contributed by atoms with Gasteiger partial charge >= 0.3 is 0 Å². The van der Waals surface area contributed by atoms with Gasteiger partial charge in [-0.3, -0.25) is 4.98 Å². The lowest BCUT2D eigenvalue weighted by molar-refractivity contribution is 0.193. The molecule has 0 radical (unpaired) electrons. The van der Waals surface area contributed by atoms with Crippen LogP contribution in [0, 0.1) is 12.8 Å². The first-order valence-corrected chi connectivity index (χ1v) is 7.08. The first-order valence-electron chi connectivity index (χ1n) is 7.08. The van der Waals surface area contributed by atoms with Crippen LogP contribution in [0.25, 0.3) is 0 Å². The normalized spacial score (nSPS) is 18.1. The fourth-order valence-corrected chi connectivity index (χ4v) is 2.34. The molecule has 1 N–H and O–H groups in total. The van der Waals surface area contributed by atoms with Crippen LogP contribution in [0.4, 0.5) is 0 Å². The van der Waals surface area contributed by atoms with Crippen molar-refractivity contribution in [3.8, 4) is 0 Å². The van der Waals surface area contributed by atoms with E-state index < -0.39 is 0 Å². The molecule has 0 unspecified atom stereocenters. The average Bonchev–Trinajstić information content (AvgIpc) is 2.39. The zero-order chi connectivity index (χ0) is 12.8. The lowest BCUT2D eigenvalue weighted by Crippen LogP contribution is -2.37. The summed E-state index contributed by atoms with van der Waals surface area (Å²) < 4.78 is 0. The van der Waals surface area contributed by atoms with Crippen molar-refractivity contribution < 1.29 is 0 Å². The summed E-state index contributed by atoms with van der Waals surface area (Å²) in [6, 6.07) is 4.22. The average molecular weight is 247 g/mol. The number of piperidine rings is 1. The summed E-state index contributed by atoms with van der Waals surface area (Å²) in [7, 11) is 0. The summed E-state index contributed by atoms with van der Waals surface area (Å²) in [6.45, 7) is 10.1. The van der Waals surface area contributed by atoms with Crippen LogP contribution in [0.3, 0.4) is 0 Å². The van der Waals surface area contributed by atoms with Crippen molar-refractivity contribution >= 4 is 0 Å². The standard InChI is InChI=1S/C15H25N3/c1-13-5-8-18(9-6-13)10-7-16-12-15-4-3-14(2)11-17-15/h3-4,11,13,16H,5-10,12H2,1-2H3. The van der Waals surface area contributed by atoms with Crippen molar-refractivity contribution in [1.29, 1.82) is 0 Å². The molecule has 2 rings (SSSR count). The molecule has 0 aromatic carbocycles. The highest BCUT2D eigenvalue weighted by Gasteiger charge is 2.14. The fraction of sp³-hybridized carbons (Fsp3) is 0.667. The van der Waals surface area contributed by atoms with E-state index in [0.717, 1.165) is 24.7 Å². The smallest absolute Gasteiger partial charge is 0.0541 e. The Morgan fingerprint density at radius 2 is 2.11 bits per heavy atom. The monoisotopic (exact) mass is 247 g/mol. The van der Waals surface area contributed by atoms with E-state index in [1.807, 2.05) is 6.20 Å². The van der Waals surface area contributed by atoms with Gasteiger partial charge in [-0.05, 0) is 50.4 Å². The van der Waals surface area contributed by atoms with Gasteiger partial charge in [-0.2, -0.15) is 0 Å². The third kappa shape index (κ3) is 4.39. The Labute approximate surface area is 111 Å². The first kappa shape index (κ1) is 13.5. The molecule has 100 valence electrons. The zero-order valence-corrected chi connectivity index (χ0v) is 11.7. The van der Waals surface area contributed by atoms with E-state index in [-0.39, 0.29) is 0 Å². The Morgan fingerprint density at radius 1 is 1.33 bits per heavy atom. The summed E-state index contributed by atoms with van der Waals surface area (Å²) >= 11 is 0. The van der Waals surface area contributed by atoms with Crippen molar-refractivity contribution in [3.05, 3.63) is 29.6 Å². The summed E-state index contributed by atoms with van der Waals surface area (Å²) in [4.78, 5) is 6.96. The number of likely N-dealkylation sites (tertiary alicyclic amines) is 1. The molecule has 1 saturated heterocycles. The second-order valence-corrected chi connectivity index (χ2v) is 5.53. The molecule has 0 atom stereocenters. The molecule has 1 aliphatic heterocycles. The van der Waals surface area contributed by atoms with Crippen LogP contribution in [0.2, 0.25) is 0 Å². The van der Waals surface area contributed by atoms with E-state index in [1.54, 1.807) is 0 Å². The maximum absolute atomic E-state index is 4.40. The molecule has 2 heterocycles. The SMILES string of the molecule is Cc1ccc(CNCCN2CCC(C)CC2)nc1. The van der Waals surface area contributed by atoms with Crippen LogP contribution in [0.5, 0.6) is 0 Å². The van der Waals surface area contributed by atoms with Gasteiger partial charge < -0.3 is 10.2 Å². The lowest BCUT2D eigenvalue weighted by atomic mass is 9.99. The van der Waals surface area contributed by atoms with Gasteiger partial charge in [0.15, 0.2) is 0 Å². The fourth-order valence-electron chi connectivity index (χ4n) is 2.34. The number of aromatic nitrogens is 1. The molecule has 0 aliphatic carbocycles. The van der Waals surface area contributed by atoms with E-state index in [0.29, 0.717) is 0 Å². The number of nitrogens with zero attached hydrogens (tertiary/aromatic N) is 2. The maximum Gasteiger partial charge on any atom is 0.0541 e. The highest BCUT2D eigenvalue weighted by atomic mass is 15.1. The molecule has 0 saturated carbocycles. The van der Waals surface area contributed by atoms with E-state index in [9.17, 15) is 0 Å². The van der Waals surface area contributed by atoms with Gasteiger partial charge in [0.05, 0.1) is 5.69 Å². The lowest BCUT2D eigenvalue weighted by Gasteiger charge is -2.30. The van der Waals surface area contributed by atoms with Gasteiger partial charge in [0, 0.05) is 25.8 Å². The third-order valence-corrected chi connectivity index (χ3v) is 3.76. The molecular weight excluding hydrogens is 222 g/mol. The Bertz CT molecular complexity index is 339. The van der Waals surface area contributed by atoms with E-state index >= 15 is 0 Å². The van der Waals surface area contributed by atoms with E-state index in [1.165, 1.54) is 38.0 Å². The van der Waals surface area contributed by atoms with Crippen LogP contribution < -0.4 is 5.32 Å². The second kappa shape index (κ2) is 6.86. The number of hydrogen-bond acceptors (Lipinski definition) is 3. The molecule has 1 aliphatic rings. The molecule has 3 nitrogen and oxygen atoms in total. The highest BCUT2D eigenvalue weighted by Crippen LogP contribution is 2.15. The molecular formula is C15H25N3. The minimum absolute atomic E-state index is 0.879. The summed E-state index contributed by atoms with van der Waals surface area (Å²) in [6.07, 6.45) is 4.65. The minimum Gasteiger partial charge on any atom is -0.310 e. The zero-order valence-electron chi connectivity index (χ0n) is 11.7. The van der Waals surface area contributed by atoms with Crippen molar-refractivity contribution in [2.75, 3.05) is 26.2 Å². The van der Waals surface area contributed by atoms with Crippen LogP contribution in [0.15, 0.2) is 18.3 Å². The summed E-state index contributed by atoms with van der Waals surface area (Å²) in [5.41, 5.74) is 2.36. The van der Waals surface area contributed by atoms with E-state index in [4.69, 9.17) is 0 Å². The molecule has 0 amide bonds. The maximum atomic E-state index is 4.40. The van der Waals surface area contributed by atoms with Gasteiger partial charge in [-0.15, -0.1) is 0 Å². The quantitative estimate of drug-likeness (QED) is 0.809. The molecule has 0 bridgehead atoms. The van der Waals surface area contributed by atoms with Crippen molar-refractivity contribution in [2.24, 2.45) is 5.92 Å². The third-order valence-electron chi connectivity index (χ3n) is 3.76. The number of aryl methyl sites for hydroxylation is 1. The number of nitrogens with one attached hydrogen (secondary N) is 1. The predicted octanol–water partition coefficient (Wildman–Crippen LogP) is 2.21. The number of hydrogen-bond donors (Lipinski definition) is 1. The molecule has 18 heavy (non-hydrogen) atoms. The Morgan fingerprint density at radius 3 is 2.78 bits per heavy atom. The van der Waals surface area contributed by atoms with Gasteiger partial charge in [0.2, 0.25) is 0 Å². The second-order valence-electron chi connectivity index (χ2n) is 5.53. The number of rotatable bonds is 5. The van der Waals surface area contributed by atoms with E-state index in [2.05, 4.69) is 41.2 Å². The van der Waals surface area contributed by atoms with Crippen molar-refractivity contribution in [3.63, 3.8) is 0 Å². The van der Waals surface area contributed by atoms with Crippen molar-refractivity contribution in [2.45, 2.75) is 33.2 Å². The van der Waals surface area contributed by atoms with Crippen LogP contribution in [-0.4, -0.2) is 36.1 Å². The van der Waals surface area contributed by atoms with Crippen LogP contribution in [0.1, 0.15) is 31.0 Å². The molecule has 0 spiro atoms. The number of pyridine rings is 1. The topological polar surface area (TPSA) is 28.2 Å². The van der Waals surface area contributed by atoms with Crippen LogP contribution >= 0.6 is 0 Å². The van der Waals surface area contributed by atoms with Gasteiger partial charge in [-0.25, -0.2) is 0 Å². The predicted molar refractivity (Wildman–Crippen MR) is 75.5 cm³/mol. The summed E-state index contributed by atoms with van der Waals surface area (Å²) in [5, 5.41) is 3.48. The highest BCUT2D eigenvalue weighted by molar-refractivity contribution is 5.11. The van der Waals surface area contributed by atoms with Crippen molar-refractivity contribution in [1.82, 2.24) is 15.2 Å². The molecule has 1 fully saturated rings. The Hall–Kier alpha value is -0.930. The minimum atomic E-state index is 0.879. The van der Waals surface area contributed by atoms with Gasteiger partial charge in [-0.1, -0.05) is 13.0 Å².